The Bertz CT molecular complexity index is 1150. The zero-order valence-electron chi connectivity index (χ0n) is 21.6. The molecule has 2 saturated heterocycles. The summed E-state index contributed by atoms with van der Waals surface area (Å²) in [6.07, 6.45) is -11.0. The molecule has 39 heavy (non-hydrogen) atoms. The van der Waals surface area contributed by atoms with Crippen LogP contribution >= 0.6 is 0 Å². The van der Waals surface area contributed by atoms with Crippen molar-refractivity contribution >= 4 is 22.5 Å². The highest BCUT2D eigenvalue weighted by atomic mass is 16.7. The summed E-state index contributed by atoms with van der Waals surface area (Å²) in [4.78, 5) is 24.9. The lowest BCUT2D eigenvalue weighted by Gasteiger charge is -2.47. The van der Waals surface area contributed by atoms with Gasteiger partial charge in [-0.3, -0.25) is 9.59 Å². The van der Waals surface area contributed by atoms with Gasteiger partial charge in [-0.25, -0.2) is 0 Å². The van der Waals surface area contributed by atoms with Gasteiger partial charge in [0.2, 0.25) is 5.91 Å². The second kappa shape index (κ2) is 12.8. The van der Waals surface area contributed by atoms with E-state index in [1.165, 1.54) is 14.0 Å². The number of hydrogen-bond donors (Lipinski definition) is 6. The third kappa shape index (κ3) is 6.30. The maximum atomic E-state index is 13.2. The maximum absolute atomic E-state index is 13.2. The van der Waals surface area contributed by atoms with Gasteiger partial charge in [0.1, 0.15) is 36.6 Å². The Morgan fingerprint density at radius 2 is 1.56 bits per heavy atom. The number of ether oxygens (including phenoxy) is 4. The van der Waals surface area contributed by atoms with Crippen LogP contribution in [0.2, 0.25) is 0 Å². The van der Waals surface area contributed by atoms with Crippen LogP contribution in [0.15, 0.2) is 42.5 Å². The molecule has 10 atom stereocenters. The molecule has 0 aromatic heterocycles. The van der Waals surface area contributed by atoms with E-state index < -0.39 is 80.3 Å². The summed E-state index contributed by atoms with van der Waals surface area (Å²) >= 11 is 0. The molecule has 2 aliphatic rings. The monoisotopic (exact) mass is 549 g/mol. The number of hydrogen-bond acceptors (Lipinski definition) is 11. The van der Waals surface area contributed by atoms with Crippen LogP contribution in [-0.4, -0.2) is 113 Å². The van der Waals surface area contributed by atoms with Gasteiger partial charge in [0, 0.05) is 31.9 Å². The fourth-order valence-corrected chi connectivity index (χ4v) is 5.19. The van der Waals surface area contributed by atoms with Crippen molar-refractivity contribution in [2.24, 2.45) is 5.92 Å². The predicted molar refractivity (Wildman–Crippen MR) is 135 cm³/mol. The molecule has 214 valence electrons. The van der Waals surface area contributed by atoms with Gasteiger partial charge in [-0.2, -0.15) is 0 Å². The number of ketones is 1. The lowest BCUT2D eigenvalue weighted by Crippen LogP contribution is -2.67. The quantitative estimate of drug-likeness (QED) is 0.213. The number of fused-ring (bicyclic) bond motifs is 1. The zero-order valence-corrected chi connectivity index (χ0v) is 21.6. The average molecular weight is 550 g/mol. The molecule has 6 N–H and O–H groups in total. The molecular formula is C27H35NO11. The minimum atomic E-state index is -1.56. The lowest BCUT2D eigenvalue weighted by molar-refractivity contribution is -0.341. The van der Waals surface area contributed by atoms with Crippen molar-refractivity contribution in [1.82, 2.24) is 5.32 Å². The Morgan fingerprint density at radius 1 is 0.897 bits per heavy atom. The van der Waals surface area contributed by atoms with Crippen LogP contribution in [0.1, 0.15) is 23.7 Å². The number of amides is 1. The molecule has 2 aliphatic heterocycles. The van der Waals surface area contributed by atoms with E-state index in [0.717, 1.165) is 10.8 Å². The van der Waals surface area contributed by atoms with Gasteiger partial charge in [0.15, 0.2) is 18.4 Å². The van der Waals surface area contributed by atoms with Crippen molar-refractivity contribution in [2.75, 3.05) is 20.3 Å². The number of aliphatic hydroxyl groups excluding tert-OH is 5. The van der Waals surface area contributed by atoms with Crippen LogP contribution < -0.4 is 5.32 Å². The molecule has 4 unspecified atom stereocenters. The van der Waals surface area contributed by atoms with E-state index in [9.17, 15) is 35.1 Å². The van der Waals surface area contributed by atoms with Crippen LogP contribution in [0.5, 0.6) is 0 Å². The van der Waals surface area contributed by atoms with Crippen molar-refractivity contribution in [3.05, 3.63) is 48.0 Å². The summed E-state index contributed by atoms with van der Waals surface area (Å²) in [6, 6.07) is 11.6. The van der Waals surface area contributed by atoms with E-state index in [-0.39, 0.29) is 12.2 Å². The van der Waals surface area contributed by atoms with E-state index in [1.807, 2.05) is 24.3 Å². The minimum Gasteiger partial charge on any atom is -0.394 e. The molecule has 0 saturated carbocycles. The third-order valence-corrected chi connectivity index (χ3v) is 7.27. The highest BCUT2D eigenvalue weighted by Gasteiger charge is 2.51. The number of methoxy groups -OCH3 is 1. The third-order valence-electron chi connectivity index (χ3n) is 7.27. The molecule has 12 nitrogen and oxygen atoms in total. The fourth-order valence-electron chi connectivity index (χ4n) is 5.19. The fraction of sp³-hybridized carbons (Fsp3) is 0.556. The molecular weight excluding hydrogens is 514 g/mol. The smallest absolute Gasteiger partial charge is 0.217 e. The first kappa shape index (κ1) is 29.5. The standard InChI is InChI=1S/C27H35NO11/c1-13(31)28-21-24(35)25(20(12-30)38-26(21)36-2)39-27-23(34)17(22(33)19(11-29)37-27)10-18(32)16-8-7-14-5-3-4-6-15(14)9-16/h3-9,17,19-27,29-30,33-35H,10-12H2,1-2H3,(H,28,31)/t17-,19?,20?,21?,22+,23?,24+,25+,26+,27-/m0/s1. The van der Waals surface area contributed by atoms with Gasteiger partial charge in [-0.1, -0.05) is 36.4 Å². The molecule has 2 fully saturated rings. The van der Waals surface area contributed by atoms with Gasteiger partial charge < -0.3 is 49.8 Å². The Kier molecular flexibility index (Phi) is 9.64. The SMILES string of the molecule is CO[C@@H]1OC(CO)[C@@H](O[C@@H]2OC(CO)[C@H](O)[C@H](CC(=O)c3ccc4ccccc4c3)C2O)[C@H](O)C1NC(C)=O. The van der Waals surface area contributed by atoms with Crippen molar-refractivity contribution in [2.45, 2.75) is 68.6 Å². The molecule has 2 aromatic carbocycles. The Hall–Kier alpha value is -2.52. The molecule has 2 aromatic rings. The molecule has 12 heteroatoms. The van der Waals surface area contributed by atoms with E-state index in [2.05, 4.69) is 5.32 Å². The number of carbonyl (C=O) groups is 2. The number of aliphatic hydroxyl groups is 5. The van der Waals surface area contributed by atoms with Crippen molar-refractivity contribution < 1.29 is 54.1 Å². The molecule has 0 radical (unpaired) electrons. The minimum absolute atomic E-state index is 0.284. The van der Waals surface area contributed by atoms with Crippen molar-refractivity contribution in [3.63, 3.8) is 0 Å². The summed E-state index contributed by atoms with van der Waals surface area (Å²) in [5, 5.41) is 57.0. The average Bonchev–Trinajstić information content (AvgIpc) is 2.93. The van der Waals surface area contributed by atoms with Crippen LogP contribution in [0.4, 0.5) is 0 Å². The van der Waals surface area contributed by atoms with Crippen LogP contribution in [-0.2, 0) is 23.7 Å². The van der Waals surface area contributed by atoms with Gasteiger partial charge in [-0.05, 0) is 16.8 Å². The highest BCUT2D eigenvalue weighted by Crippen LogP contribution is 2.34. The summed E-state index contributed by atoms with van der Waals surface area (Å²) in [7, 11) is 1.31. The summed E-state index contributed by atoms with van der Waals surface area (Å²) < 4.78 is 22.3. The number of nitrogens with one attached hydrogen (secondary N) is 1. The maximum Gasteiger partial charge on any atom is 0.217 e. The second-order valence-corrected chi connectivity index (χ2v) is 9.84. The van der Waals surface area contributed by atoms with Gasteiger partial charge in [0.05, 0.1) is 19.3 Å². The number of rotatable bonds is 9. The lowest BCUT2D eigenvalue weighted by atomic mass is 9.83. The van der Waals surface area contributed by atoms with Crippen molar-refractivity contribution in [3.8, 4) is 0 Å². The molecule has 2 heterocycles. The molecule has 0 bridgehead atoms. The largest absolute Gasteiger partial charge is 0.394 e. The zero-order chi connectivity index (χ0) is 28.3. The van der Waals surface area contributed by atoms with E-state index >= 15 is 0 Å². The molecule has 4 rings (SSSR count). The van der Waals surface area contributed by atoms with Crippen LogP contribution in [0, 0.1) is 5.92 Å². The molecule has 0 aliphatic carbocycles. The number of Topliss-reactive ketones (excluding diaryl/α,β-unsaturated/α-hetero) is 1. The second-order valence-electron chi connectivity index (χ2n) is 9.84. The van der Waals surface area contributed by atoms with E-state index in [1.54, 1.807) is 18.2 Å². The number of carbonyl (C=O) groups excluding carboxylic acids is 2. The predicted octanol–water partition coefficient (Wildman–Crippen LogP) is -0.918. The summed E-state index contributed by atoms with van der Waals surface area (Å²) in [5.74, 6) is -1.91. The van der Waals surface area contributed by atoms with Gasteiger partial charge in [0.25, 0.3) is 0 Å². The van der Waals surface area contributed by atoms with E-state index in [4.69, 9.17) is 18.9 Å². The van der Waals surface area contributed by atoms with Crippen LogP contribution in [0.3, 0.4) is 0 Å². The molecule has 1 amide bonds. The molecule has 0 spiro atoms. The normalized spacial score (nSPS) is 35.1. The van der Waals surface area contributed by atoms with E-state index in [0.29, 0.717) is 5.56 Å². The topological polar surface area (TPSA) is 184 Å². The van der Waals surface area contributed by atoms with Gasteiger partial charge >= 0.3 is 0 Å². The summed E-state index contributed by atoms with van der Waals surface area (Å²) in [5.41, 5.74) is 0.387. The first-order valence-corrected chi connectivity index (χ1v) is 12.7. The highest BCUT2D eigenvalue weighted by molar-refractivity contribution is 6.00. The van der Waals surface area contributed by atoms with Crippen LogP contribution in [0.25, 0.3) is 10.8 Å². The summed E-state index contributed by atoms with van der Waals surface area (Å²) in [6.45, 7) is 0.000765. The Labute approximate surface area is 225 Å². The Balaban J connectivity index is 1.54. The number of benzene rings is 2. The first-order chi connectivity index (χ1) is 18.7. The van der Waals surface area contributed by atoms with Gasteiger partial charge in [-0.15, -0.1) is 0 Å². The van der Waals surface area contributed by atoms with Crippen molar-refractivity contribution in [1.29, 1.82) is 0 Å². The first-order valence-electron chi connectivity index (χ1n) is 12.7. The Morgan fingerprint density at radius 3 is 2.21 bits per heavy atom.